The van der Waals surface area contributed by atoms with Gasteiger partial charge in [-0.2, -0.15) is 0 Å². The van der Waals surface area contributed by atoms with Gasteiger partial charge in [0.05, 0.1) is 0 Å². The highest BCUT2D eigenvalue weighted by Gasteiger charge is 2.33. The fraction of sp³-hybridized carbons (Fsp3) is 0.118. The number of carbonyl (C=O) groups is 3. The Morgan fingerprint density at radius 2 is 1.71 bits per heavy atom. The summed E-state index contributed by atoms with van der Waals surface area (Å²) in [5.74, 6) is -1.54. The molecule has 0 radical (unpaired) electrons. The Hall–Kier alpha value is -2.93. The van der Waals surface area contributed by atoms with Crippen molar-refractivity contribution in [1.82, 2.24) is 5.06 Å². The first kappa shape index (κ1) is 15.9. The molecule has 1 N–H and O–H groups in total. The lowest BCUT2D eigenvalue weighted by molar-refractivity contribution is -0.172. The molecule has 0 aliphatic carbocycles. The van der Waals surface area contributed by atoms with Crippen molar-refractivity contribution in [2.75, 3.05) is 0 Å². The molecule has 0 spiro atoms. The van der Waals surface area contributed by atoms with Gasteiger partial charge in [0.15, 0.2) is 0 Å². The van der Waals surface area contributed by atoms with Crippen LogP contribution in [0.4, 0.5) is 0 Å². The maximum atomic E-state index is 12.0. The predicted molar refractivity (Wildman–Crippen MR) is 87.9 cm³/mol. The summed E-state index contributed by atoms with van der Waals surface area (Å²) >= 11 is 1.19. The van der Waals surface area contributed by atoms with Crippen molar-refractivity contribution in [1.29, 1.82) is 0 Å². The van der Waals surface area contributed by atoms with E-state index in [2.05, 4.69) is 0 Å². The molecule has 122 valence electrons. The van der Waals surface area contributed by atoms with Crippen molar-refractivity contribution in [3.05, 3.63) is 51.7 Å². The molecule has 2 heterocycles. The first-order valence-corrected chi connectivity index (χ1v) is 7.99. The lowest BCUT2D eigenvalue weighted by Gasteiger charge is -2.11. The molecule has 2 aromatic rings. The smallest absolute Gasteiger partial charge is 0.373 e. The number of carbonyl (C=O) groups excluding carboxylic acids is 3. The van der Waals surface area contributed by atoms with Gasteiger partial charge in [0.1, 0.15) is 10.6 Å². The van der Waals surface area contributed by atoms with Crippen LogP contribution in [-0.4, -0.2) is 28.0 Å². The number of hydroxylamine groups is 2. The molecular weight excluding hydrogens is 330 g/mol. The number of thiophene rings is 1. The Balaban J connectivity index is 1.66. The molecule has 7 heteroatoms. The van der Waals surface area contributed by atoms with Gasteiger partial charge in [-0.15, -0.1) is 16.4 Å². The van der Waals surface area contributed by atoms with Crippen molar-refractivity contribution >= 4 is 41.3 Å². The van der Waals surface area contributed by atoms with Crippen LogP contribution in [0.5, 0.6) is 5.75 Å². The van der Waals surface area contributed by atoms with Crippen LogP contribution in [0.2, 0.25) is 0 Å². The molecule has 0 atom stereocenters. The molecule has 1 aliphatic heterocycles. The maximum absolute atomic E-state index is 12.0. The zero-order valence-corrected chi connectivity index (χ0v) is 13.3. The minimum Gasteiger partial charge on any atom is -0.508 e. The Bertz CT molecular complexity index is 806. The van der Waals surface area contributed by atoms with Crippen LogP contribution in [0, 0.1) is 0 Å². The first-order chi connectivity index (χ1) is 11.5. The van der Waals surface area contributed by atoms with Crippen molar-refractivity contribution < 1.29 is 24.3 Å². The number of phenols is 1. The van der Waals surface area contributed by atoms with Crippen molar-refractivity contribution in [2.45, 2.75) is 12.8 Å². The molecule has 0 bridgehead atoms. The fourth-order valence-electron chi connectivity index (χ4n) is 2.10. The molecular formula is C17H13NO5S. The van der Waals surface area contributed by atoms with E-state index in [1.165, 1.54) is 11.3 Å². The molecule has 1 saturated heterocycles. The minimum atomic E-state index is -0.729. The summed E-state index contributed by atoms with van der Waals surface area (Å²) in [4.78, 5) is 40.9. The van der Waals surface area contributed by atoms with Gasteiger partial charge in [-0.25, -0.2) is 4.79 Å². The van der Waals surface area contributed by atoms with Gasteiger partial charge >= 0.3 is 5.97 Å². The number of nitrogens with zero attached hydrogens (tertiary/aromatic N) is 1. The molecule has 1 aromatic carbocycles. The van der Waals surface area contributed by atoms with Crippen LogP contribution in [0.15, 0.2) is 36.4 Å². The van der Waals surface area contributed by atoms with Crippen molar-refractivity contribution in [3.63, 3.8) is 0 Å². The summed E-state index contributed by atoms with van der Waals surface area (Å²) < 4.78 is 0. The molecule has 3 rings (SSSR count). The lowest BCUT2D eigenvalue weighted by Crippen LogP contribution is -2.31. The number of rotatable bonds is 4. The van der Waals surface area contributed by atoms with Crippen LogP contribution >= 0.6 is 11.3 Å². The van der Waals surface area contributed by atoms with E-state index in [4.69, 9.17) is 4.84 Å². The average Bonchev–Trinajstić information content (AvgIpc) is 3.16. The molecule has 1 aliphatic rings. The molecule has 0 saturated carbocycles. The maximum Gasteiger partial charge on any atom is 0.373 e. The third-order valence-corrected chi connectivity index (χ3v) is 4.37. The lowest BCUT2D eigenvalue weighted by atomic mass is 10.2. The van der Waals surface area contributed by atoms with Crippen molar-refractivity contribution in [2.24, 2.45) is 0 Å². The van der Waals surface area contributed by atoms with Gasteiger partial charge in [0.2, 0.25) is 0 Å². The minimum absolute atomic E-state index is 0.0666. The number of phenolic OH excluding ortho intramolecular Hbond substituents is 1. The van der Waals surface area contributed by atoms with Gasteiger partial charge in [-0.3, -0.25) is 9.59 Å². The number of benzene rings is 1. The average molecular weight is 343 g/mol. The summed E-state index contributed by atoms with van der Waals surface area (Å²) in [6.45, 7) is 0. The monoisotopic (exact) mass is 343 g/mol. The normalized spacial score (nSPS) is 14.6. The van der Waals surface area contributed by atoms with Gasteiger partial charge in [0.25, 0.3) is 11.8 Å². The Kier molecular flexibility index (Phi) is 4.43. The summed E-state index contributed by atoms with van der Waals surface area (Å²) in [6, 6.07) is 10.0. The van der Waals surface area contributed by atoms with E-state index < -0.39 is 17.8 Å². The highest BCUT2D eigenvalue weighted by molar-refractivity contribution is 7.14. The van der Waals surface area contributed by atoms with Crippen LogP contribution in [0.25, 0.3) is 12.2 Å². The Morgan fingerprint density at radius 3 is 2.38 bits per heavy atom. The zero-order chi connectivity index (χ0) is 17.1. The molecule has 1 aromatic heterocycles. The van der Waals surface area contributed by atoms with Gasteiger partial charge in [-0.1, -0.05) is 18.2 Å². The predicted octanol–water partition coefficient (Wildman–Crippen LogP) is 2.84. The van der Waals surface area contributed by atoms with Crippen LogP contribution < -0.4 is 0 Å². The number of hydrogen-bond acceptors (Lipinski definition) is 6. The van der Waals surface area contributed by atoms with E-state index in [9.17, 15) is 19.5 Å². The highest BCUT2D eigenvalue weighted by atomic mass is 32.1. The van der Waals surface area contributed by atoms with Gasteiger partial charge in [-0.05, 0) is 35.9 Å². The third-order valence-electron chi connectivity index (χ3n) is 3.34. The molecule has 1 fully saturated rings. The first-order valence-electron chi connectivity index (χ1n) is 7.18. The van der Waals surface area contributed by atoms with E-state index in [0.29, 0.717) is 9.94 Å². The number of aromatic hydroxyl groups is 1. The second-order valence-corrected chi connectivity index (χ2v) is 6.20. The third kappa shape index (κ3) is 3.52. The molecule has 24 heavy (non-hydrogen) atoms. The fourth-order valence-corrected chi connectivity index (χ4v) is 2.88. The topological polar surface area (TPSA) is 83.9 Å². The van der Waals surface area contributed by atoms with Crippen LogP contribution in [0.1, 0.15) is 33.0 Å². The van der Waals surface area contributed by atoms with Crippen LogP contribution in [-0.2, 0) is 14.4 Å². The second-order valence-electron chi connectivity index (χ2n) is 5.09. The van der Waals surface area contributed by atoms with E-state index in [1.807, 2.05) is 12.2 Å². The second kappa shape index (κ2) is 6.67. The molecule has 0 unspecified atom stereocenters. The van der Waals surface area contributed by atoms with E-state index in [-0.39, 0.29) is 18.6 Å². The summed E-state index contributed by atoms with van der Waals surface area (Å²) in [7, 11) is 0. The quantitative estimate of drug-likeness (QED) is 0.863. The Labute approximate surface area is 141 Å². The number of hydrogen-bond donors (Lipinski definition) is 1. The molecule has 2 amide bonds. The van der Waals surface area contributed by atoms with Gasteiger partial charge in [0, 0.05) is 17.7 Å². The summed E-state index contributed by atoms with van der Waals surface area (Å²) in [5, 5.41) is 9.77. The standard InChI is InChI=1S/C17H13NO5S/c19-12-4-1-11(2-5-12)3-6-13-7-8-14(24-13)17(22)23-18-15(20)9-10-16(18)21/h1-8,19H,9-10H2/b6-3+. The van der Waals surface area contributed by atoms with Crippen molar-refractivity contribution in [3.8, 4) is 5.75 Å². The van der Waals surface area contributed by atoms with Gasteiger partial charge < -0.3 is 9.94 Å². The number of imide groups is 1. The van der Waals surface area contributed by atoms with E-state index in [0.717, 1.165) is 10.4 Å². The highest BCUT2D eigenvalue weighted by Crippen LogP contribution is 2.22. The molecule has 6 nitrogen and oxygen atoms in total. The van der Waals surface area contributed by atoms with E-state index in [1.54, 1.807) is 36.4 Å². The SMILES string of the molecule is O=C(ON1C(=O)CCC1=O)c1ccc(/C=C/c2ccc(O)cc2)s1. The summed E-state index contributed by atoms with van der Waals surface area (Å²) in [5.41, 5.74) is 0.901. The zero-order valence-electron chi connectivity index (χ0n) is 12.5. The summed E-state index contributed by atoms with van der Waals surface area (Å²) in [6.07, 6.45) is 3.79. The van der Waals surface area contributed by atoms with E-state index >= 15 is 0 Å². The van der Waals surface area contributed by atoms with Crippen LogP contribution in [0.3, 0.4) is 0 Å². The number of amides is 2. The Morgan fingerprint density at radius 1 is 1.04 bits per heavy atom. The largest absolute Gasteiger partial charge is 0.508 e.